The number of carbonyl (C=O) groups is 1. The van der Waals surface area contributed by atoms with Crippen molar-refractivity contribution in [3.05, 3.63) is 29.3 Å². The van der Waals surface area contributed by atoms with Crippen molar-refractivity contribution in [2.45, 2.75) is 31.7 Å². The van der Waals surface area contributed by atoms with Crippen LogP contribution in [0.15, 0.2) is 24.3 Å². The predicted octanol–water partition coefficient (Wildman–Crippen LogP) is 3.13. The molecule has 128 valence electrons. The Kier molecular flexibility index (Phi) is 7.00. The SMILES string of the molecule is Cl.O=C(C1CCCN1)N1CCCC(COc2ccccc2Cl)C1. The summed E-state index contributed by atoms with van der Waals surface area (Å²) in [6.07, 6.45) is 4.22. The number of benzene rings is 1. The van der Waals surface area contributed by atoms with E-state index in [1.807, 2.05) is 29.2 Å². The van der Waals surface area contributed by atoms with Gasteiger partial charge in [-0.1, -0.05) is 23.7 Å². The first kappa shape index (κ1) is 18.4. The number of halogens is 2. The van der Waals surface area contributed by atoms with Crippen LogP contribution >= 0.6 is 24.0 Å². The molecule has 2 fully saturated rings. The van der Waals surface area contributed by atoms with Gasteiger partial charge < -0.3 is 15.0 Å². The molecular formula is C17H24Cl2N2O2. The fourth-order valence-corrected chi connectivity index (χ4v) is 3.48. The highest BCUT2D eigenvalue weighted by molar-refractivity contribution is 6.32. The monoisotopic (exact) mass is 358 g/mol. The van der Waals surface area contributed by atoms with Crippen LogP contribution in [0, 0.1) is 5.92 Å². The van der Waals surface area contributed by atoms with Crippen molar-refractivity contribution in [3.63, 3.8) is 0 Å². The van der Waals surface area contributed by atoms with Crippen molar-refractivity contribution >= 4 is 29.9 Å². The molecule has 4 nitrogen and oxygen atoms in total. The second-order valence-corrected chi connectivity index (χ2v) is 6.59. The molecule has 1 aromatic rings. The van der Waals surface area contributed by atoms with E-state index in [9.17, 15) is 4.79 Å². The summed E-state index contributed by atoms with van der Waals surface area (Å²) in [5, 5.41) is 3.93. The molecule has 2 heterocycles. The molecule has 0 aliphatic carbocycles. The van der Waals surface area contributed by atoms with Gasteiger partial charge in [-0.25, -0.2) is 0 Å². The predicted molar refractivity (Wildman–Crippen MR) is 94.5 cm³/mol. The molecular weight excluding hydrogens is 335 g/mol. The Morgan fingerprint density at radius 2 is 2.13 bits per heavy atom. The second-order valence-electron chi connectivity index (χ2n) is 6.18. The summed E-state index contributed by atoms with van der Waals surface area (Å²) in [5.41, 5.74) is 0. The number of para-hydroxylation sites is 1. The Morgan fingerprint density at radius 1 is 1.30 bits per heavy atom. The molecule has 1 aromatic carbocycles. The van der Waals surface area contributed by atoms with Gasteiger partial charge in [-0.05, 0) is 44.4 Å². The molecule has 1 N–H and O–H groups in total. The average molecular weight is 359 g/mol. The average Bonchev–Trinajstić information content (AvgIpc) is 3.08. The van der Waals surface area contributed by atoms with Crippen LogP contribution in [-0.2, 0) is 4.79 Å². The van der Waals surface area contributed by atoms with Gasteiger partial charge in [-0.3, -0.25) is 4.79 Å². The molecule has 0 radical (unpaired) electrons. The number of hydrogen-bond donors (Lipinski definition) is 1. The lowest BCUT2D eigenvalue weighted by Gasteiger charge is -2.34. The fraction of sp³-hybridized carbons (Fsp3) is 0.588. The number of amides is 1. The molecule has 2 aliphatic heterocycles. The van der Waals surface area contributed by atoms with Gasteiger partial charge >= 0.3 is 0 Å². The van der Waals surface area contributed by atoms with Gasteiger partial charge in [-0.15, -0.1) is 12.4 Å². The van der Waals surface area contributed by atoms with E-state index in [2.05, 4.69) is 5.32 Å². The maximum Gasteiger partial charge on any atom is 0.239 e. The topological polar surface area (TPSA) is 41.6 Å². The van der Waals surface area contributed by atoms with Gasteiger partial charge in [0, 0.05) is 19.0 Å². The van der Waals surface area contributed by atoms with E-state index in [1.165, 1.54) is 0 Å². The van der Waals surface area contributed by atoms with E-state index in [4.69, 9.17) is 16.3 Å². The minimum atomic E-state index is 0. The molecule has 0 spiro atoms. The molecule has 23 heavy (non-hydrogen) atoms. The van der Waals surface area contributed by atoms with Crippen LogP contribution in [0.4, 0.5) is 0 Å². The zero-order valence-electron chi connectivity index (χ0n) is 13.2. The number of nitrogens with zero attached hydrogens (tertiary/aromatic N) is 1. The molecule has 1 amide bonds. The van der Waals surface area contributed by atoms with E-state index in [0.29, 0.717) is 17.5 Å². The van der Waals surface area contributed by atoms with E-state index < -0.39 is 0 Å². The number of nitrogens with one attached hydrogen (secondary N) is 1. The molecule has 2 saturated heterocycles. The molecule has 6 heteroatoms. The number of likely N-dealkylation sites (tertiary alicyclic amines) is 1. The van der Waals surface area contributed by atoms with Gasteiger partial charge in [0.25, 0.3) is 0 Å². The summed E-state index contributed by atoms with van der Waals surface area (Å²) in [6, 6.07) is 7.56. The molecule has 2 aliphatic rings. The van der Waals surface area contributed by atoms with Crippen LogP contribution in [-0.4, -0.2) is 43.1 Å². The van der Waals surface area contributed by atoms with Gasteiger partial charge in [0.15, 0.2) is 0 Å². The van der Waals surface area contributed by atoms with Crippen molar-refractivity contribution < 1.29 is 9.53 Å². The van der Waals surface area contributed by atoms with Crippen LogP contribution in [0.3, 0.4) is 0 Å². The Hall–Kier alpha value is -0.970. The summed E-state index contributed by atoms with van der Waals surface area (Å²) in [6.45, 7) is 3.25. The molecule has 2 atom stereocenters. The van der Waals surface area contributed by atoms with Gasteiger partial charge in [0.2, 0.25) is 5.91 Å². The highest BCUT2D eigenvalue weighted by Crippen LogP contribution is 2.25. The van der Waals surface area contributed by atoms with Gasteiger partial charge in [0.05, 0.1) is 17.7 Å². The third-order valence-corrected chi connectivity index (χ3v) is 4.81. The standard InChI is InChI=1S/C17H23ClN2O2.ClH/c18-14-6-1-2-8-16(14)22-12-13-5-4-10-20(11-13)17(21)15-7-3-9-19-15;/h1-2,6,8,13,15,19H,3-5,7,9-12H2;1H. The molecule has 0 saturated carbocycles. The normalized spacial score (nSPS) is 24.1. The van der Waals surface area contributed by atoms with Crippen LogP contribution < -0.4 is 10.1 Å². The number of carbonyl (C=O) groups excluding carboxylic acids is 1. The smallest absolute Gasteiger partial charge is 0.239 e. The first-order valence-electron chi connectivity index (χ1n) is 8.13. The summed E-state index contributed by atoms with van der Waals surface area (Å²) in [5.74, 6) is 1.38. The van der Waals surface area contributed by atoms with Crippen molar-refractivity contribution in [1.82, 2.24) is 10.2 Å². The minimum absolute atomic E-state index is 0. The van der Waals surface area contributed by atoms with Crippen LogP contribution in [0.5, 0.6) is 5.75 Å². The fourth-order valence-electron chi connectivity index (χ4n) is 3.29. The summed E-state index contributed by atoms with van der Waals surface area (Å²) < 4.78 is 5.84. The lowest BCUT2D eigenvalue weighted by molar-refractivity contribution is -0.135. The van der Waals surface area contributed by atoms with E-state index in [0.717, 1.165) is 51.1 Å². The second kappa shape index (κ2) is 8.76. The van der Waals surface area contributed by atoms with Gasteiger partial charge in [-0.2, -0.15) is 0 Å². The summed E-state index contributed by atoms with van der Waals surface area (Å²) in [7, 11) is 0. The number of hydrogen-bond acceptors (Lipinski definition) is 3. The molecule has 0 aromatic heterocycles. The molecule has 2 unspecified atom stereocenters. The van der Waals surface area contributed by atoms with Crippen LogP contribution in [0.25, 0.3) is 0 Å². The maximum absolute atomic E-state index is 12.5. The van der Waals surface area contributed by atoms with Crippen LogP contribution in [0.2, 0.25) is 5.02 Å². The van der Waals surface area contributed by atoms with Crippen molar-refractivity contribution in [3.8, 4) is 5.75 Å². The zero-order valence-corrected chi connectivity index (χ0v) is 14.7. The highest BCUT2D eigenvalue weighted by Gasteiger charge is 2.30. The quantitative estimate of drug-likeness (QED) is 0.898. The zero-order chi connectivity index (χ0) is 15.4. The third-order valence-electron chi connectivity index (χ3n) is 4.50. The third kappa shape index (κ3) is 4.75. The van der Waals surface area contributed by atoms with Gasteiger partial charge in [0.1, 0.15) is 5.75 Å². The van der Waals surface area contributed by atoms with Crippen molar-refractivity contribution in [2.24, 2.45) is 5.92 Å². The maximum atomic E-state index is 12.5. The molecule has 0 bridgehead atoms. The Balaban J connectivity index is 0.00000192. The van der Waals surface area contributed by atoms with Crippen molar-refractivity contribution in [1.29, 1.82) is 0 Å². The summed E-state index contributed by atoms with van der Waals surface area (Å²) in [4.78, 5) is 14.5. The number of piperidine rings is 1. The number of ether oxygens (including phenoxy) is 1. The Labute approximate surface area is 148 Å². The number of rotatable bonds is 4. The lowest BCUT2D eigenvalue weighted by Crippen LogP contribution is -2.48. The van der Waals surface area contributed by atoms with E-state index in [-0.39, 0.29) is 24.4 Å². The largest absolute Gasteiger partial charge is 0.492 e. The summed E-state index contributed by atoms with van der Waals surface area (Å²) >= 11 is 6.11. The van der Waals surface area contributed by atoms with E-state index >= 15 is 0 Å². The van der Waals surface area contributed by atoms with Crippen molar-refractivity contribution in [2.75, 3.05) is 26.2 Å². The lowest BCUT2D eigenvalue weighted by atomic mass is 9.98. The van der Waals surface area contributed by atoms with E-state index in [1.54, 1.807) is 0 Å². The highest BCUT2D eigenvalue weighted by atomic mass is 35.5. The first-order valence-corrected chi connectivity index (χ1v) is 8.51. The minimum Gasteiger partial charge on any atom is -0.492 e. The first-order chi connectivity index (χ1) is 10.7. The Morgan fingerprint density at radius 3 is 2.87 bits per heavy atom. The molecule has 3 rings (SSSR count). The Bertz CT molecular complexity index is 521. The van der Waals surface area contributed by atoms with Crippen LogP contribution in [0.1, 0.15) is 25.7 Å².